The molecule has 2 aromatic carbocycles. The zero-order valence-electron chi connectivity index (χ0n) is 31.6. The number of aromatic amines is 1. The molecule has 298 valence electrons. The highest BCUT2D eigenvalue weighted by Crippen LogP contribution is 2.39. The van der Waals surface area contributed by atoms with Gasteiger partial charge in [0.1, 0.15) is 23.4 Å². The van der Waals surface area contributed by atoms with Crippen molar-refractivity contribution in [3.05, 3.63) is 78.4 Å². The molecule has 13 nitrogen and oxygen atoms in total. The van der Waals surface area contributed by atoms with Crippen molar-refractivity contribution < 1.29 is 37.0 Å². The summed E-state index contributed by atoms with van der Waals surface area (Å²) in [5.41, 5.74) is 2.17. The summed E-state index contributed by atoms with van der Waals surface area (Å²) in [6.07, 6.45) is 0.170. The molecule has 3 amide bonds. The van der Waals surface area contributed by atoms with Gasteiger partial charge in [-0.3, -0.25) is 9.59 Å². The van der Waals surface area contributed by atoms with Crippen molar-refractivity contribution in [1.82, 2.24) is 30.5 Å². The predicted molar refractivity (Wildman–Crippen MR) is 209 cm³/mol. The standard InChI is InChI=1S/C39H45F3N8O5S/c1-22(2)34(48-38(53)54-4)37(52)50-21-28(56-5)17-31(50)35-45-20-30(47-35)25-8-6-24(7-9-25)29-12-10-26(16-32(29)55-39(40,41)42)36(51)46-27-11-13-33(44-19-27)49-15-14-43-18-23(49)3/h6-13,16,19-20,22-23,28,31,34,43H,14-15,17-18,21H2,1-5H3,(H,45,47)(H,46,51)(H,48,53)/t23?,28-,31-,34-/m0/s1. The normalized spacial score (nSPS) is 19.1. The number of thioether (sulfide) groups is 1. The third-order valence-corrected chi connectivity index (χ3v) is 11.0. The molecule has 4 aromatic rings. The third-order valence-electron chi connectivity index (χ3n) is 9.95. The van der Waals surface area contributed by atoms with Crippen LogP contribution in [0.4, 0.5) is 29.5 Å². The summed E-state index contributed by atoms with van der Waals surface area (Å²) in [5.74, 6) is -0.236. The molecule has 1 unspecified atom stereocenters. The van der Waals surface area contributed by atoms with Gasteiger partial charge in [0, 0.05) is 60.4 Å². The number of rotatable bonds is 11. The van der Waals surface area contributed by atoms with Gasteiger partial charge in [-0.25, -0.2) is 14.8 Å². The number of methoxy groups -OCH3 is 1. The van der Waals surface area contributed by atoms with E-state index in [1.807, 2.05) is 20.1 Å². The molecule has 6 rings (SSSR count). The fourth-order valence-corrected chi connectivity index (χ4v) is 7.63. The average molecular weight is 795 g/mol. The summed E-state index contributed by atoms with van der Waals surface area (Å²) in [6, 6.07) is 13.3. The number of H-pyrrole nitrogens is 1. The average Bonchev–Trinajstić information content (AvgIpc) is 3.85. The van der Waals surface area contributed by atoms with Gasteiger partial charge in [0.05, 0.1) is 30.7 Å². The number of pyridine rings is 1. The van der Waals surface area contributed by atoms with Gasteiger partial charge >= 0.3 is 12.5 Å². The molecular weight excluding hydrogens is 750 g/mol. The number of alkyl halides is 3. The summed E-state index contributed by atoms with van der Waals surface area (Å²) >= 11 is 1.65. The lowest BCUT2D eigenvalue weighted by atomic mass is 10.00. The molecule has 4 atom stereocenters. The van der Waals surface area contributed by atoms with Crippen molar-refractivity contribution in [2.75, 3.05) is 49.8 Å². The molecule has 0 radical (unpaired) electrons. The number of hydrogen-bond donors (Lipinski definition) is 4. The molecule has 56 heavy (non-hydrogen) atoms. The number of hydrogen-bond acceptors (Lipinski definition) is 10. The first kappa shape index (κ1) is 40.4. The smallest absolute Gasteiger partial charge is 0.453 e. The number of carbonyl (C=O) groups is 3. The first-order valence-corrected chi connectivity index (χ1v) is 19.5. The van der Waals surface area contributed by atoms with Gasteiger partial charge in [-0.05, 0) is 61.4 Å². The van der Waals surface area contributed by atoms with Gasteiger partial charge < -0.3 is 40.2 Å². The summed E-state index contributed by atoms with van der Waals surface area (Å²) in [5, 5.41) is 8.85. The molecule has 4 N–H and O–H groups in total. The largest absolute Gasteiger partial charge is 0.573 e. The SMILES string of the molecule is COC(=O)N[C@H](C(=O)N1C[C@@H](SC)C[C@H]1c1nc(-c2ccc(-c3ccc(C(=O)Nc4ccc(N5CCNCC5C)nc4)cc3OC(F)(F)F)cc2)c[nH]1)C(C)C. The van der Waals surface area contributed by atoms with Crippen LogP contribution in [-0.4, -0.2) is 101 Å². The van der Waals surface area contributed by atoms with Crippen molar-refractivity contribution in [3.8, 4) is 28.1 Å². The lowest BCUT2D eigenvalue weighted by molar-refractivity contribution is -0.274. The van der Waals surface area contributed by atoms with Crippen molar-refractivity contribution in [3.63, 3.8) is 0 Å². The molecule has 2 fully saturated rings. The molecule has 2 aromatic heterocycles. The monoisotopic (exact) mass is 794 g/mol. The maximum absolute atomic E-state index is 13.8. The molecule has 0 bridgehead atoms. The second-order valence-electron chi connectivity index (χ2n) is 14.1. The Bertz CT molecular complexity index is 2010. The van der Waals surface area contributed by atoms with E-state index < -0.39 is 30.2 Å². The number of carbonyl (C=O) groups excluding carboxylic acids is 3. The van der Waals surface area contributed by atoms with E-state index in [-0.39, 0.29) is 40.3 Å². The van der Waals surface area contributed by atoms with E-state index in [4.69, 9.17) is 9.72 Å². The van der Waals surface area contributed by atoms with E-state index in [1.165, 1.54) is 25.4 Å². The van der Waals surface area contributed by atoms with Crippen LogP contribution in [0.15, 0.2) is 67.0 Å². The molecule has 0 saturated carbocycles. The number of aromatic nitrogens is 3. The summed E-state index contributed by atoms with van der Waals surface area (Å²) in [4.78, 5) is 55.4. The molecule has 0 aliphatic carbocycles. The Morgan fingerprint density at radius 3 is 2.45 bits per heavy atom. The maximum Gasteiger partial charge on any atom is 0.573 e. The lowest BCUT2D eigenvalue weighted by Crippen LogP contribution is -2.51. The van der Waals surface area contributed by atoms with E-state index in [2.05, 4.69) is 42.5 Å². The number of imidazole rings is 1. The lowest BCUT2D eigenvalue weighted by Gasteiger charge is -2.34. The number of piperazine rings is 1. The number of ether oxygens (including phenoxy) is 2. The zero-order chi connectivity index (χ0) is 40.1. The van der Waals surface area contributed by atoms with Gasteiger partial charge in [0.2, 0.25) is 5.91 Å². The second kappa shape index (κ2) is 17.2. The highest BCUT2D eigenvalue weighted by Gasteiger charge is 2.41. The van der Waals surface area contributed by atoms with E-state index in [0.29, 0.717) is 41.3 Å². The maximum atomic E-state index is 13.8. The minimum Gasteiger partial charge on any atom is -0.453 e. The van der Waals surface area contributed by atoms with Crippen LogP contribution in [0.1, 0.15) is 49.4 Å². The topological polar surface area (TPSA) is 154 Å². The van der Waals surface area contributed by atoms with Crippen LogP contribution in [-0.2, 0) is 9.53 Å². The number of anilines is 2. The Hall–Kier alpha value is -5.29. The predicted octanol–water partition coefficient (Wildman–Crippen LogP) is 6.47. The second-order valence-corrected chi connectivity index (χ2v) is 15.2. The van der Waals surface area contributed by atoms with Gasteiger partial charge in [-0.15, -0.1) is 13.2 Å². The van der Waals surface area contributed by atoms with Crippen LogP contribution in [0.3, 0.4) is 0 Å². The number of benzene rings is 2. The van der Waals surface area contributed by atoms with Crippen molar-refractivity contribution in [2.24, 2.45) is 5.92 Å². The number of likely N-dealkylation sites (tertiary alicyclic amines) is 1. The van der Waals surface area contributed by atoms with Gasteiger partial charge in [-0.2, -0.15) is 11.8 Å². The summed E-state index contributed by atoms with van der Waals surface area (Å²) in [6.45, 7) is 8.72. The Morgan fingerprint density at radius 2 is 1.80 bits per heavy atom. The highest BCUT2D eigenvalue weighted by molar-refractivity contribution is 7.99. The quantitative estimate of drug-likeness (QED) is 0.133. The Morgan fingerprint density at radius 1 is 1.05 bits per heavy atom. The molecule has 17 heteroatoms. The van der Waals surface area contributed by atoms with Crippen LogP contribution in [0.2, 0.25) is 0 Å². The summed E-state index contributed by atoms with van der Waals surface area (Å²) < 4.78 is 50.1. The first-order chi connectivity index (χ1) is 26.7. The number of alkyl carbamates (subject to hydrolysis) is 1. The molecular formula is C39H45F3N8O5S. The van der Waals surface area contributed by atoms with Crippen LogP contribution in [0.25, 0.3) is 22.4 Å². The van der Waals surface area contributed by atoms with E-state index in [0.717, 1.165) is 31.5 Å². The van der Waals surface area contributed by atoms with Crippen LogP contribution in [0.5, 0.6) is 5.75 Å². The van der Waals surface area contributed by atoms with Crippen LogP contribution < -0.4 is 25.6 Å². The van der Waals surface area contributed by atoms with Crippen molar-refractivity contribution >= 4 is 41.2 Å². The fourth-order valence-electron chi connectivity index (χ4n) is 6.95. The number of halogens is 3. The Balaban J connectivity index is 1.19. The van der Waals surface area contributed by atoms with E-state index in [9.17, 15) is 27.6 Å². The van der Waals surface area contributed by atoms with E-state index >= 15 is 0 Å². The number of nitrogens with one attached hydrogen (secondary N) is 4. The minimum absolute atomic E-state index is 0.0302. The Labute approximate surface area is 327 Å². The zero-order valence-corrected chi connectivity index (χ0v) is 32.5. The van der Waals surface area contributed by atoms with Gasteiger partial charge in [0.25, 0.3) is 5.91 Å². The van der Waals surface area contributed by atoms with Crippen LogP contribution >= 0.6 is 11.8 Å². The number of amides is 3. The number of nitrogens with zero attached hydrogens (tertiary/aromatic N) is 4. The molecule has 4 heterocycles. The van der Waals surface area contributed by atoms with E-state index in [1.54, 1.807) is 59.3 Å². The minimum atomic E-state index is -5.01. The molecule has 0 spiro atoms. The Kier molecular flexibility index (Phi) is 12.4. The van der Waals surface area contributed by atoms with Gasteiger partial charge in [-0.1, -0.05) is 38.1 Å². The molecule has 2 aliphatic rings. The van der Waals surface area contributed by atoms with Crippen molar-refractivity contribution in [2.45, 2.75) is 56.9 Å². The van der Waals surface area contributed by atoms with Crippen LogP contribution in [0, 0.1) is 5.92 Å². The molecule has 2 aliphatic heterocycles. The third kappa shape index (κ3) is 9.38. The van der Waals surface area contributed by atoms with Gasteiger partial charge in [0.15, 0.2) is 0 Å². The fraction of sp³-hybridized carbons (Fsp3) is 0.410. The molecule has 2 saturated heterocycles. The van der Waals surface area contributed by atoms with Crippen molar-refractivity contribution in [1.29, 1.82) is 0 Å². The highest BCUT2D eigenvalue weighted by atomic mass is 32.2. The first-order valence-electron chi connectivity index (χ1n) is 18.2. The summed E-state index contributed by atoms with van der Waals surface area (Å²) in [7, 11) is 1.25.